The summed E-state index contributed by atoms with van der Waals surface area (Å²) in [5.74, 6) is -1.29. The van der Waals surface area contributed by atoms with Gasteiger partial charge in [-0.15, -0.1) is 11.6 Å². The number of aliphatic carboxylic acids is 1. The Balaban J connectivity index is 0. The Labute approximate surface area is 39.8 Å². The molecule has 0 aromatic rings. The van der Waals surface area contributed by atoms with E-state index in [0.29, 0.717) is 0 Å². The van der Waals surface area contributed by atoms with E-state index in [4.69, 9.17) is 16.7 Å². The van der Waals surface area contributed by atoms with Crippen LogP contribution in [0.5, 0.6) is 0 Å². The van der Waals surface area contributed by atoms with Gasteiger partial charge in [0.15, 0.2) is 0 Å². The average Bonchev–Trinajstić information content (AvgIpc) is 1.38. The second-order valence-electron chi connectivity index (χ2n) is 0.527. The largest absolute Gasteiger partial charge is 0.480 e. The predicted molar refractivity (Wildman–Crippen MR) is 22.0 cm³/mol. The highest BCUT2D eigenvalue weighted by Gasteiger charge is 1.83. The molecule has 3 N–H and O–H groups in total. The van der Waals surface area contributed by atoms with E-state index in [2.05, 4.69) is 0 Å². The standard InChI is InChI=1S/C2H3ClO2.H2O/c3-1-2(4)5;/h1H2,(H,4,5);1H2. The molecule has 0 saturated carbocycles. The lowest BCUT2D eigenvalue weighted by molar-refractivity contribution is -0.134. The van der Waals surface area contributed by atoms with Gasteiger partial charge in [-0.25, -0.2) is 0 Å². The van der Waals surface area contributed by atoms with Gasteiger partial charge in [0.1, 0.15) is 5.88 Å². The summed E-state index contributed by atoms with van der Waals surface area (Å²) >= 11 is 4.74. The van der Waals surface area contributed by atoms with Crippen molar-refractivity contribution in [2.75, 3.05) is 5.88 Å². The minimum absolute atomic E-state index is 0. The summed E-state index contributed by atoms with van der Waals surface area (Å²) < 4.78 is 0. The summed E-state index contributed by atoms with van der Waals surface area (Å²) in [6.07, 6.45) is 0. The Bertz CT molecular complexity index is 44.1. The minimum atomic E-state index is -0.980. The molecule has 0 aliphatic carbocycles. The van der Waals surface area contributed by atoms with Gasteiger partial charge < -0.3 is 10.6 Å². The first-order valence-electron chi connectivity index (χ1n) is 1.05. The number of hydrogen-bond donors (Lipinski definition) is 1. The molecular formula is C2H5ClO3. The molecule has 0 fully saturated rings. The first-order valence-corrected chi connectivity index (χ1v) is 1.58. The highest BCUT2D eigenvalue weighted by Crippen LogP contribution is 1.67. The van der Waals surface area contributed by atoms with E-state index in [1.54, 1.807) is 0 Å². The van der Waals surface area contributed by atoms with Crippen LogP contribution in [0.1, 0.15) is 0 Å². The zero-order chi connectivity index (χ0) is 4.28. The van der Waals surface area contributed by atoms with Crippen molar-refractivity contribution in [2.24, 2.45) is 0 Å². The van der Waals surface area contributed by atoms with Gasteiger partial charge in [-0.1, -0.05) is 0 Å². The van der Waals surface area contributed by atoms with Gasteiger partial charge in [0.2, 0.25) is 0 Å². The number of halogens is 1. The van der Waals surface area contributed by atoms with E-state index in [1.165, 1.54) is 0 Å². The van der Waals surface area contributed by atoms with E-state index in [1.807, 2.05) is 0 Å². The monoisotopic (exact) mass is 112 g/mol. The number of alkyl halides is 1. The highest BCUT2D eigenvalue weighted by atomic mass is 35.5. The summed E-state index contributed by atoms with van der Waals surface area (Å²) in [6.45, 7) is 0. The molecule has 0 heterocycles. The van der Waals surface area contributed by atoms with Crippen LogP contribution in [-0.2, 0) is 4.79 Å². The third kappa shape index (κ3) is 9.30. The smallest absolute Gasteiger partial charge is 0.318 e. The van der Waals surface area contributed by atoms with E-state index >= 15 is 0 Å². The summed E-state index contributed by atoms with van der Waals surface area (Å²) in [6, 6.07) is 0. The van der Waals surface area contributed by atoms with Crippen LogP contribution in [0.3, 0.4) is 0 Å². The Hall–Kier alpha value is -0.280. The summed E-state index contributed by atoms with van der Waals surface area (Å²) in [4.78, 5) is 9.24. The molecule has 0 spiro atoms. The zero-order valence-corrected chi connectivity index (χ0v) is 3.70. The van der Waals surface area contributed by atoms with Crippen molar-refractivity contribution in [3.05, 3.63) is 0 Å². The molecule has 0 aliphatic rings. The molecule has 4 heteroatoms. The molecule has 0 radical (unpaired) electrons. The maximum Gasteiger partial charge on any atom is 0.318 e. The SMILES string of the molecule is O.O=C(O)CCl. The van der Waals surface area contributed by atoms with E-state index < -0.39 is 5.97 Å². The van der Waals surface area contributed by atoms with Crippen LogP contribution in [0.2, 0.25) is 0 Å². The Morgan fingerprint density at radius 2 is 2.00 bits per heavy atom. The Kier molecular flexibility index (Phi) is 7.24. The van der Waals surface area contributed by atoms with E-state index in [0.717, 1.165) is 0 Å². The number of hydrogen-bond acceptors (Lipinski definition) is 1. The molecule has 0 atom stereocenters. The van der Waals surface area contributed by atoms with Crippen molar-refractivity contribution in [1.29, 1.82) is 0 Å². The number of carboxylic acids is 1. The van der Waals surface area contributed by atoms with Crippen molar-refractivity contribution < 1.29 is 15.4 Å². The van der Waals surface area contributed by atoms with Crippen molar-refractivity contribution >= 4 is 17.6 Å². The molecule has 38 valence electrons. The van der Waals surface area contributed by atoms with Gasteiger partial charge in [-0.2, -0.15) is 0 Å². The third-order valence-corrected chi connectivity index (χ3v) is 0.343. The van der Waals surface area contributed by atoms with Crippen LogP contribution in [0.4, 0.5) is 0 Å². The fourth-order valence-electron chi connectivity index (χ4n) is 0. The lowest BCUT2D eigenvalue weighted by Crippen LogP contribution is -1.92. The van der Waals surface area contributed by atoms with Crippen molar-refractivity contribution in [3.63, 3.8) is 0 Å². The van der Waals surface area contributed by atoms with Gasteiger partial charge in [0, 0.05) is 0 Å². The first-order chi connectivity index (χ1) is 2.27. The Morgan fingerprint density at radius 1 is 1.83 bits per heavy atom. The normalized spacial score (nSPS) is 6.17. The van der Waals surface area contributed by atoms with Gasteiger partial charge in [-0.05, 0) is 0 Å². The predicted octanol–water partition coefficient (Wildman–Crippen LogP) is -0.515. The topological polar surface area (TPSA) is 68.8 Å². The third-order valence-electron chi connectivity index (χ3n) is 0.114. The molecule has 0 bridgehead atoms. The fourth-order valence-corrected chi connectivity index (χ4v) is 0. The zero-order valence-electron chi connectivity index (χ0n) is 2.94. The molecule has 0 rings (SSSR count). The van der Waals surface area contributed by atoms with E-state index in [9.17, 15) is 4.79 Å². The lowest BCUT2D eigenvalue weighted by Gasteiger charge is -1.69. The molecule has 0 aromatic carbocycles. The van der Waals surface area contributed by atoms with Crippen LogP contribution in [0.15, 0.2) is 0 Å². The minimum Gasteiger partial charge on any atom is -0.480 e. The molecular weight excluding hydrogens is 107 g/mol. The number of carbonyl (C=O) groups is 1. The molecule has 3 nitrogen and oxygen atoms in total. The van der Waals surface area contributed by atoms with Gasteiger partial charge in [0.05, 0.1) is 0 Å². The van der Waals surface area contributed by atoms with Gasteiger partial charge in [0.25, 0.3) is 0 Å². The van der Waals surface area contributed by atoms with Crippen molar-refractivity contribution in [3.8, 4) is 0 Å². The second kappa shape index (κ2) is 4.72. The maximum absolute atomic E-state index is 9.24. The molecule has 0 unspecified atom stereocenters. The molecule has 0 aromatic heterocycles. The van der Waals surface area contributed by atoms with Crippen LogP contribution in [-0.4, -0.2) is 22.4 Å². The Morgan fingerprint density at radius 3 is 2.00 bits per heavy atom. The highest BCUT2D eigenvalue weighted by molar-refractivity contribution is 6.26. The van der Waals surface area contributed by atoms with Gasteiger partial charge >= 0.3 is 5.97 Å². The summed E-state index contributed by atoms with van der Waals surface area (Å²) in [7, 11) is 0. The van der Waals surface area contributed by atoms with Crippen LogP contribution >= 0.6 is 11.6 Å². The van der Waals surface area contributed by atoms with Crippen LogP contribution in [0.25, 0.3) is 0 Å². The second-order valence-corrected chi connectivity index (χ2v) is 0.795. The molecule has 0 saturated heterocycles. The van der Waals surface area contributed by atoms with Crippen LogP contribution < -0.4 is 0 Å². The quantitative estimate of drug-likeness (QED) is 0.464. The summed E-state index contributed by atoms with van der Waals surface area (Å²) in [5, 5.41) is 7.59. The molecule has 6 heavy (non-hydrogen) atoms. The van der Waals surface area contributed by atoms with E-state index in [-0.39, 0.29) is 11.4 Å². The fraction of sp³-hybridized carbons (Fsp3) is 0.500. The maximum atomic E-state index is 9.24. The first kappa shape index (κ1) is 9.21. The van der Waals surface area contributed by atoms with Crippen molar-refractivity contribution in [1.82, 2.24) is 0 Å². The molecule has 0 amide bonds. The van der Waals surface area contributed by atoms with Gasteiger partial charge in [-0.3, -0.25) is 4.79 Å². The van der Waals surface area contributed by atoms with Crippen molar-refractivity contribution in [2.45, 2.75) is 0 Å². The number of carboxylic acid groups (broad SMARTS) is 1. The summed E-state index contributed by atoms with van der Waals surface area (Å²) in [5.41, 5.74) is 0. The number of rotatable bonds is 1. The molecule has 0 aliphatic heterocycles. The van der Waals surface area contributed by atoms with Crippen LogP contribution in [0, 0.1) is 0 Å². The lowest BCUT2D eigenvalue weighted by atomic mass is 10.8. The average molecular weight is 113 g/mol.